The Labute approximate surface area is 96.9 Å². The smallest absolute Gasteiger partial charge is 0.143 e. The number of rotatable bonds is 6. The molecule has 0 spiro atoms. The second-order valence-corrected chi connectivity index (χ2v) is 4.58. The SMILES string of the molecule is CC(CN(CCO)C1CCCC1)C(N)=NO. The van der Waals surface area contributed by atoms with Gasteiger partial charge in [0.2, 0.25) is 0 Å². The first-order valence-corrected chi connectivity index (χ1v) is 6.01. The van der Waals surface area contributed by atoms with Crippen LogP contribution in [0.1, 0.15) is 32.6 Å². The lowest BCUT2D eigenvalue weighted by Gasteiger charge is -2.30. The Morgan fingerprint density at radius 2 is 2.12 bits per heavy atom. The molecule has 0 bridgehead atoms. The second kappa shape index (κ2) is 6.70. The monoisotopic (exact) mass is 229 g/mol. The van der Waals surface area contributed by atoms with Gasteiger partial charge in [0.15, 0.2) is 0 Å². The van der Waals surface area contributed by atoms with Crippen LogP contribution in [0.4, 0.5) is 0 Å². The van der Waals surface area contributed by atoms with E-state index in [-0.39, 0.29) is 18.4 Å². The number of hydrogen-bond acceptors (Lipinski definition) is 4. The number of oxime groups is 1. The van der Waals surface area contributed by atoms with Gasteiger partial charge in [-0.2, -0.15) is 0 Å². The van der Waals surface area contributed by atoms with Gasteiger partial charge in [0, 0.05) is 25.0 Å². The highest BCUT2D eigenvalue weighted by Gasteiger charge is 2.24. The van der Waals surface area contributed by atoms with E-state index < -0.39 is 0 Å². The van der Waals surface area contributed by atoms with Crippen LogP contribution in [0.2, 0.25) is 0 Å². The Bertz CT molecular complexity index is 227. The van der Waals surface area contributed by atoms with Crippen molar-refractivity contribution >= 4 is 5.84 Å². The molecule has 0 amide bonds. The summed E-state index contributed by atoms with van der Waals surface area (Å²) in [5, 5.41) is 20.7. The lowest BCUT2D eigenvalue weighted by molar-refractivity contribution is 0.143. The van der Waals surface area contributed by atoms with Crippen LogP contribution < -0.4 is 5.73 Å². The summed E-state index contributed by atoms with van der Waals surface area (Å²) in [4.78, 5) is 2.26. The summed E-state index contributed by atoms with van der Waals surface area (Å²) in [7, 11) is 0. The summed E-state index contributed by atoms with van der Waals surface area (Å²) in [6.45, 7) is 3.53. The van der Waals surface area contributed by atoms with Gasteiger partial charge in [-0.3, -0.25) is 4.90 Å². The summed E-state index contributed by atoms with van der Waals surface area (Å²) in [5.74, 6) is 0.290. The molecule has 4 N–H and O–H groups in total. The van der Waals surface area contributed by atoms with E-state index in [0.717, 1.165) is 6.54 Å². The van der Waals surface area contributed by atoms with Gasteiger partial charge in [0.25, 0.3) is 0 Å². The lowest BCUT2D eigenvalue weighted by Crippen LogP contribution is -2.41. The van der Waals surface area contributed by atoms with Gasteiger partial charge >= 0.3 is 0 Å². The zero-order chi connectivity index (χ0) is 12.0. The topological polar surface area (TPSA) is 82.1 Å². The van der Waals surface area contributed by atoms with E-state index in [9.17, 15) is 0 Å². The molecule has 1 aliphatic rings. The maximum atomic E-state index is 9.05. The third kappa shape index (κ3) is 3.64. The van der Waals surface area contributed by atoms with Crippen LogP contribution in [0.3, 0.4) is 0 Å². The molecule has 0 saturated heterocycles. The number of nitrogens with two attached hydrogens (primary N) is 1. The van der Waals surface area contributed by atoms with Crippen LogP contribution in [0, 0.1) is 5.92 Å². The van der Waals surface area contributed by atoms with Gasteiger partial charge in [-0.15, -0.1) is 0 Å². The normalized spacial score (nSPS) is 20.6. The van der Waals surface area contributed by atoms with E-state index in [1.54, 1.807) is 0 Å². The summed E-state index contributed by atoms with van der Waals surface area (Å²) < 4.78 is 0. The molecular formula is C11H23N3O2. The Morgan fingerprint density at radius 1 is 1.50 bits per heavy atom. The minimum atomic E-state index is 0.0251. The van der Waals surface area contributed by atoms with Gasteiger partial charge in [0.1, 0.15) is 5.84 Å². The van der Waals surface area contributed by atoms with E-state index in [1.807, 2.05) is 6.92 Å². The van der Waals surface area contributed by atoms with Crippen molar-refractivity contribution in [2.45, 2.75) is 38.6 Å². The predicted octanol–water partition coefficient (Wildman–Crippen LogP) is 0.606. The fourth-order valence-electron chi connectivity index (χ4n) is 2.36. The molecule has 1 rings (SSSR count). The molecule has 1 aliphatic carbocycles. The molecule has 1 unspecified atom stereocenters. The molecule has 5 nitrogen and oxygen atoms in total. The fraction of sp³-hybridized carbons (Fsp3) is 0.909. The third-order valence-corrected chi connectivity index (χ3v) is 3.36. The van der Waals surface area contributed by atoms with Crippen molar-refractivity contribution in [3.63, 3.8) is 0 Å². The first kappa shape index (κ1) is 13.3. The van der Waals surface area contributed by atoms with Crippen LogP contribution in [-0.4, -0.2) is 46.8 Å². The standard InChI is InChI=1S/C11H23N3O2/c1-9(11(12)13-16)8-14(6-7-15)10-4-2-3-5-10/h9-10,15-16H,2-8H2,1H3,(H2,12,13). The molecule has 0 aliphatic heterocycles. The van der Waals surface area contributed by atoms with Gasteiger partial charge in [-0.05, 0) is 12.8 Å². The molecule has 0 heterocycles. The molecular weight excluding hydrogens is 206 g/mol. The summed E-state index contributed by atoms with van der Waals surface area (Å²) in [6, 6.07) is 0.557. The van der Waals surface area contributed by atoms with E-state index in [1.165, 1.54) is 25.7 Å². The average molecular weight is 229 g/mol. The zero-order valence-corrected chi connectivity index (χ0v) is 9.97. The van der Waals surface area contributed by atoms with Crippen molar-refractivity contribution in [2.24, 2.45) is 16.8 Å². The maximum Gasteiger partial charge on any atom is 0.143 e. The zero-order valence-electron chi connectivity index (χ0n) is 9.97. The number of aliphatic hydroxyl groups excluding tert-OH is 1. The summed E-state index contributed by atoms with van der Waals surface area (Å²) >= 11 is 0. The molecule has 1 atom stereocenters. The molecule has 16 heavy (non-hydrogen) atoms. The average Bonchev–Trinajstić information content (AvgIpc) is 2.80. The Hall–Kier alpha value is -0.810. The first-order chi connectivity index (χ1) is 7.69. The largest absolute Gasteiger partial charge is 0.409 e. The van der Waals surface area contributed by atoms with Crippen molar-refractivity contribution < 1.29 is 10.3 Å². The minimum Gasteiger partial charge on any atom is -0.409 e. The molecule has 0 aromatic rings. The van der Waals surface area contributed by atoms with Crippen LogP contribution in [0.25, 0.3) is 0 Å². The van der Waals surface area contributed by atoms with E-state index >= 15 is 0 Å². The minimum absolute atomic E-state index is 0.0251. The highest BCUT2D eigenvalue weighted by molar-refractivity contribution is 5.82. The van der Waals surface area contributed by atoms with Gasteiger partial charge in [-0.25, -0.2) is 0 Å². The predicted molar refractivity (Wildman–Crippen MR) is 63.5 cm³/mol. The van der Waals surface area contributed by atoms with E-state index in [2.05, 4.69) is 10.1 Å². The maximum absolute atomic E-state index is 9.05. The van der Waals surface area contributed by atoms with Gasteiger partial charge < -0.3 is 16.0 Å². The Morgan fingerprint density at radius 3 is 2.62 bits per heavy atom. The molecule has 1 saturated carbocycles. The molecule has 0 aromatic carbocycles. The lowest BCUT2D eigenvalue weighted by atomic mass is 10.1. The van der Waals surface area contributed by atoms with E-state index in [0.29, 0.717) is 12.6 Å². The summed E-state index contributed by atoms with van der Waals surface area (Å²) in [5.41, 5.74) is 5.57. The van der Waals surface area contributed by atoms with Crippen LogP contribution in [0.15, 0.2) is 5.16 Å². The Kier molecular flexibility index (Phi) is 5.55. The van der Waals surface area contributed by atoms with Crippen LogP contribution in [-0.2, 0) is 0 Å². The number of nitrogens with zero attached hydrogens (tertiary/aromatic N) is 2. The highest BCUT2D eigenvalue weighted by Crippen LogP contribution is 2.23. The number of aliphatic hydroxyl groups is 1. The molecule has 0 aromatic heterocycles. The van der Waals surface area contributed by atoms with Crippen LogP contribution in [0.5, 0.6) is 0 Å². The second-order valence-electron chi connectivity index (χ2n) is 4.58. The number of hydrogen-bond donors (Lipinski definition) is 3. The van der Waals surface area contributed by atoms with Crippen LogP contribution >= 0.6 is 0 Å². The molecule has 94 valence electrons. The number of amidine groups is 1. The van der Waals surface area contributed by atoms with Crippen molar-refractivity contribution in [3.8, 4) is 0 Å². The van der Waals surface area contributed by atoms with Gasteiger partial charge in [-0.1, -0.05) is 24.9 Å². The van der Waals surface area contributed by atoms with Crippen molar-refractivity contribution in [1.82, 2.24) is 4.90 Å². The van der Waals surface area contributed by atoms with Crippen molar-refractivity contribution in [3.05, 3.63) is 0 Å². The molecule has 1 fully saturated rings. The van der Waals surface area contributed by atoms with Crippen molar-refractivity contribution in [2.75, 3.05) is 19.7 Å². The molecule has 5 heteroatoms. The fourth-order valence-corrected chi connectivity index (χ4v) is 2.36. The molecule has 0 radical (unpaired) electrons. The summed E-state index contributed by atoms with van der Waals surface area (Å²) in [6.07, 6.45) is 4.93. The highest BCUT2D eigenvalue weighted by atomic mass is 16.4. The van der Waals surface area contributed by atoms with E-state index in [4.69, 9.17) is 16.0 Å². The Balaban J connectivity index is 2.49. The van der Waals surface area contributed by atoms with Gasteiger partial charge in [0.05, 0.1) is 6.61 Å². The third-order valence-electron chi connectivity index (χ3n) is 3.36. The van der Waals surface area contributed by atoms with Crippen molar-refractivity contribution in [1.29, 1.82) is 0 Å². The first-order valence-electron chi connectivity index (χ1n) is 6.01. The quantitative estimate of drug-likeness (QED) is 0.270.